The predicted molar refractivity (Wildman–Crippen MR) is 49.2 cm³/mol. The largest absolute Gasteiger partial charge is 0.380 e. The quantitative estimate of drug-likeness (QED) is 0.545. The zero-order valence-electron chi connectivity index (χ0n) is 7.96. The van der Waals surface area contributed by atoms with Gasteiger partial charge < -0.3 is 9.64 Å². The minimum atomic E-state index is 0.821. The highest BCUT2D eigenvalue weighted by Crippen LogP contribution is 2.29. The van der Waals surface area contributed by atoms with Crippen molar-refractivity contribution in [3.63, 3.8) is 0 Å². The van der Waals surface area contributed by atoms with Crippen LogP contribution in [0.4, 0.5) is 0 Å². The molecule has 0 bridgehead atoms. The van der Waals surface area contributed by atoms with E-state index in [-0.39, 0.29) is 0 Å². The lowest BCUT2D eigenvalue weighted by atomic mass is 9.84. The van der Waals surface area contributed by atoms with Crippen LogP contribution in [-0.4, -0.2) is 37.7 Å². The summed E-state index contributed by atoms with van der Waals surface area (Å²) in [6.45, 7) is 3.07. The summed E-state index contributed by atoms with van der Waals surface area (Å²) in [5.41, 5.74) is 0. The molecular weight excluding hydrogens is 150 g/mol. The number of likely N-dealkylation sites (N-methyl/N-ethyl adjacent to an activating group) is 1. The van der Waals surface area contributed by atoms with Crippen molar-refractivity contribution in [2.24, 2.45) is 5.92 Å². The van der Waals surface area contributed by atoms with Crippen molar-refractivity contribution in [2.45, 2.75) is 31.7 Å². The number of ether oxygens (including phenoxy) is 1. The Bertz CT molecular complexity index is 149. The topological polar surface area (TPSA) is 12.5 Å². The second kappa shape index (κ2) is 3.75. The van der Waals surface area contributed by atoms with Crippen LogP contribution in [0, 0.1) is 5.92 Å². The molecule has 2 atom stereocenters. The van der Waals surface area contributed by atoms with Crippen LogP contribution in [0.15, 0.2) is 0 Å². The van der Waals surface area contributed by atoms with Gasteiger partial charge in [0.1, 0.15) is 0 Å². The van der Waals surface area contributed by atoms with Gasteiger partial charge in [0.15, 0.2) is 0 Å². The van der Waals surface area contributed by atoms with Gasteiger partial charge in [0.05, 0.1) is 13.2 Å². The number of hydrogen-bond acceptors (Lipinski definition) is 2. The Morgan fingerprint density at radius 2 is 2.08 bits per heavy atom. The van der Waals surface area contributed by atoms with E-state index in [2.05, 4.69) is 11.9 Å². The molecule has 2 fully saturated rings. The first kappa shape index (κ1) is 8.52. The van der Waals surface area contributed by atoms with Gasteiger partial charge in [-0.05, 0) is 25.8 Å². The highest BCUT2D eigenvalue weighted by atomic mass is 16.5. The van der Waals surface area contributed by atoms with Gasteiger partial charge in [0, 0.05) is 12.6 Å². The maximum Gasteiger partial charge on any atom is 0.0593 e. The van der Waals surface area contributed by atoms with E-state index < -0.39 is 0 Å². The molecule has 0 aromatic carbocycles. The molecule has 2 nitrogen and oxygen atoms in total. The maximum absolute atomic E-state index is 5.59. The average molecular weight is 169 g/mol. The van der Waals surface area contributed by atoms with Crippen LogP contribution >= 0.6 is 0 Å². The SMILES string of the molecule is CN1CCOCC2CCCCC21. The maximum atomic E-state index is 5.59. The molecule has 0 spiro atoms. The number of rotatable bonds is 0. The summed E-state index contributed by atoms with van der Waals surface area (Å²) in [5, 5.41) is 0. The molecular formula is C10H19NO. The van der Waals surface area contributed by atoms with E-state index in [9.17, 15) is 0 Å². The third-order valence-electron chi connectivity index (χ3n) is 3.36. The van der Waals surface area contributed by atoms with Crippen LogP contribution in [0.2, 0.25) is 0 Å². The Kier molecular flexibility index (Phi) is 2.66. The molecule has 1 saturated heterocycles. The van der Waals surface area contributed by atoms with Crippen molar-refractivity contribution in [3.05, 3.63) is 0 Å². The van der Waals surface area contributed by atoms with Gasteiger partial charge >= 0.3 is 0 Å². The van der Waals surface area contributed by atoms with E-state index in [0.29, 0.717) is 0 Å². The molecule has 0 aromatic heterocycles. The minimum absolute atomic E-state index is 0.821. The highest BCUT2D eigenvalue weighted by Gasteiger charge is 2.29. The molecule has 2 rings (SSSR count). The summed E-state index contributed by atoms with van der Waals surface area (Å²) in [6.07, 6.45) is 5.61. The molecule has 1 heterocycles. The molecule has 1 aliphatic heterocycles. The molecule has 2 unspecified atom stereocenters. The van der Waals surface area contributed by atoms with Crippen molar-refractivity contribution in [3.8, 4) is 0 Å². The summed E-state index contributed by atoms with van der Waals surface area (Å²) < 4.78 is 5.59. The number of nitrogens with zero attached hydrogens (tertiary/aromatic N) is 1. The smallest absolute Gasteiger partial charge is 0.0593 e. The molecule has 0 N–H and O–H groups in total. The fourth-order valence-corrected chi connectivity index (χ4v) is 2.57. The van der Waals surface area contributed by atoms with Gasteiger partial charge in [-0.1, -0.05) is 12.8 Å². The first-order valence-electron chi connectivity index (χ1n) is 5.16. The first-order chi connectivity index (χ1) is 5.88. The Hall–Kier alpha value is -0.0800. The van der Waals surface area contributed by atoms with Gasteiger partial charge in [-0.25, -0.2) is 0 Å². The van der Waals surface area contributed by atoms with E-state index in [1.165, 1.54) is 25.7 Å². The van der Waals surface area contributed by atoms with E-state index >= 15 is 0 Å². The Morgan fingerprint density at radius 3 is 3.00 bits per heavy atom. The van der Waals surface area contributed by atoms with Gasteiger partial charge in [-0.15, -0.1) is 0 Å². The molecule has 0 radical (unpaired) electrons. The van der Waals surface area contributed by atoms with Crippen molar-refractivity contribution in [1.82, 2.24) is 4.90 Å². The summed E-state index contributed by atoms with van der Waals surface area (Å²) in [5.74, 6) is 0.825. The molecule has 70 valence electrons. The second-order valence-corrected chi connectivity index (χ2v) is 4.17. The average Bonchev–Trinajstić information content (AvgIpc) is 2.29. The summed E-state index contributed by atoms with van der Waals surface area (Å²) in [7, 11) is 2.25. The normalized spacial score (nSPS) is 38.8. The Balaban J connectivity index is 2.01. The van der Waals surface area contributed by atoms with E-state index in [1.54, 1.807) is 0 Å². The lowest BCUT2D eigenvalue weighted by Gasteiger charge is -2.35. The number of fused-ring (bicyclic) bond motifs is 1. The van der Waals surface area contributed by atoms with Crippen LogP contribution in [-0.2, 0) is 4.74 Å². The molecule has 0 amide bonds. The molecule has 1 saturated carbocycles. The van der Waals surface area contributed by atoms with Crippen LogP contribution < -0.4 is 0 Å². The van der Waals surface area contributed by atoms with Gasteiger partial charge in [0.2, 0.25) is 0 Å². The molecule has 0 aromatic rings. The monoisotopic (exact) mass is 169 g/mol. The zero-order chi connectivity index (χ0) is 8.39. The third kappa shape index (κ3) is 1.64. The second-order valence-electron chi connectivity index (χ2n) is 4.17. The summed E-state index contributed by atoms with van der Waals surface area (Å²) in [6, 6.07) is 0.821. The lowest BCUT2D eigenvalue weighted by molar-refractivity contribution is 0.0985. The Morgan fingerprint density at radius 1 is 1.25 bits per heavy atom. The van der Waals surface area contributed by atoms with E-state index in [0.717, 1.165) is 31.7 Å². The van der Waals surface area contributed by atoms with Crippen LogP contribution in [0.25, 0.3) is 0 Å². The first-order valence-corrected chi connectivity index (χ1v) is 5.16. The van der Waals surface area contributed by atoms with E-state index in [4.69, 9.17) is 4.74 Å². The van der Waals surface area contributed by atoms with Crippen LogP contribution in [0.3, 0.4) is 0 Å². The zero-order valence-corrected chi connectivity index (χ0v) is 7.96. The van der Waals surface area contributed by atoms with Crippen LogP contribution in [0.5, 0.6) is 0 Å². The Labute approximate surface area is 74.9 Å². The molecule has 1 aliphatic carbocycles. The fourth-order valence-electron chi connectivity index (χ4n) is 2.57. The standard InChI is InChI=1S/C10H19NO/c1-11-6-7-12-8-9-4-2-3-5-10(9)11/h9-10H,2-8H2,1H3. The van der Waals surface area contributed by atoms with Crippen molar-refractivity contribution in [2.75, 3.05) is 26.8 Å². The molecule has 2 heteroatoms. The van der Waals surface area contributed by atoms with Crippen molar-refractivity contribution < 1.29 is 4.74 Å². The van der Waals surface area contributed by atoms with Gasteiger partial charge in [0.25, 0.3) is 0 Å². The third-order valence-corrected chi connectivity index (χ3v) is 3.36. The van der Waals surface area contributed by atoms with E-state index in [1.807, 2.05) is 0 Å². The predicted octanol–water partition coefficient (Wildman–Crippen LogP) is 1.51. The fraction of sp³-hybridized carbons (Fsp3) is 1.00. The molecule has 2 aliphatic rings. The van der Waals surface area contributed by atoms with Crippen LogP contribution in [0.1, 0.15) is 25.7 Å². The van der Waals surface area contributed by atoms with Gasteiger partial charge in [-0.2, -0.15) is 0 Å². The summed E-state index contributed by atoms with van der Waals surface area (Å²) >= 11 is 0. The number of hydrogen-bond donors (Lipinski definition) is 0. The van der Waals surface area contributed by atoms with Gasteiger partial charge in [-0.3, -0.25) is 0 Å². The minimum Gasteiger partial charge on any atom is -0.380 e. The highest BCUT2D eigenvalue weighted by molar-refractivity contribution is 4.83. The summed E-state index contributed by atoms with van der Waals surface area (Å²) in [4.78, 5) is 2.50. The lowest BCUT2D eigenvalue weighted by Crippen LogP contribution is -2.40. The van der Waals surface area contributed by atoms with Crippen molar-refractivity contribution >= 4 is 0 Å². The molecule has 12 heavy (non-hydrogen) atoms. The van der Waals surface area contributed by atoms with Crippen molar-refractivity contribution in [1.29, 1.82) is 0 Å².